The van der Waals surface area contributed by atoms with E-state index in [2.05, 4.69) is 5.32 Å². The topological polar surface area (TPSA) is 78.9 Å². The summed E-state index contributed by atoms with van der Waals surface area (Å²) in [6, 6.07) is 11.7. The highest BCUT2D eigenvalue weighted by molar-refractivity contribution is 6.31. The van der Waals surface area contributed by atoms with Gasteiger partial charge in [0.15, 0.2) is 17.3 Å². The molecule has 7 heteroatoms. The number of benzene rings is 2. The highest BCUT2D eigenvalue weighted by Gasteiger charge is 2.35. The Morgan fingerprint density at radius 1 is 1.28 bits per heavy atom. The zero-order chi connectivity index (χ0) is 21.1. The summed E-state index contributed by atoms with van der Waals surface area (Å²) < 4.78 is 5.16. The Bertz CT molecular complexity index is 972. The number of Topliss-reactive ketones (excluding diaryl/α,β-unsaturated/α-hetero) is 1. The first-order valence-corrected chi connectivity index (χ1v) is 9.61. The maximum Gasteiger partial charge on any atom is 0.322 e. The molecule has 0 saturated heterocycles. The largest absolute Gasteiger partial charge is 0.504 e. The van der Waals surface area contributed by atoms with E-state index >= 15 is 0 Å². The van der Waals surface area contributed by atoms with Crippen LogP contribution in [0.2, 0.25) is 5.02 Å². The number of nitrogens with one attached hydrogen (secondary N) is 1. The summed E-state index contributed by atoms with van der Waals surface area (Å²) in [5.74, 6) is -0.0658. The van der Waals surface area contributed by atoms with Gasteiger partial charge in [0.1, 0.15) is 0 Å². The van der Waals surface area contributed by atoms with Gasteiger partial charge in [0.25, 0.3) is 0 Å². The van der Waals surface area contributed by atoms with Gasteiger partial charge in [0.2, 0.25) is 0 Å². The molecule has 0 fully saturated rings. The maximum absolute atomic E-state index is 12.9. The number of amides is 2. The molecule has 3 rings (SSSR count). The minimum Gasteiger partial charge on any atom is -0.504 e. The van der Waals surface area contributed by atoms with E-state index in [4.69, 9.17) is 16.3 Å². The smallest absolute Gasteiger partial charge is 0.322 e. The van der Waals surface area contributed by atoms with E-state index in [0.29, 0.717) is 29.8 Å². The maximum atomic E-state index is 12.9. The molecule has 152 valence electrons. The summed E-state index contributed by atoms with van der Waals surface area (Å²) in [4.78, 5) is 26.9. The van der Waals surface area contributed by atoms with Crippen LogP contribution >= 0.6 is 11.6 Å². The molecule has 1 atom stereocenters. The van der Waals surface area contributed by atoms with Crippen LogP contribution in [0.3, 0.4) is 0 Å². The van der Waals surface area contributed by atoms with Crippen molar-refractivity contribution in [1.29, 1.82) is 0 Å². The van der Waals surface area contributed by atoms with Crippen LogP contribution in [-0.4, -0.2) is 35.5 Å². The average molecular weight is 415 g/mol. The molecule has 1 aliphatic rings. The van der Waals surface area contributed by atoms with Crippen LogP contribution in [0.1, 0.15) is 31.0 Å². The second kappa shape index (κ2) is 8.57. The SMILES string of the molecule is COc1cc(C2NC(=O)N(CCc3ccccc3)C(C)=C2C(C)=O)c(Cl)cc1O. The Labute approximate surface area is 174 Å². The van der Waals surface area contributed by atoms with Crippen LogP contribution in [-0.2, 0) is 11.2 Å². The Balaban J connectivity index is 1.98. The molecule has 2 aromatic rings. The van der Waals surface area contributed by atoms with E-state index in [1.165, 1.54) is 20.1 Å². The van der Waals surface area contributed by atoms with Crippen LogP contribution < -0.4 is 10.1 Å². The van der Waals surface area contributed by atoms with E-state index < -0.39 is 6.04 Å². The number of methoxy groups -OCH3 is 1. The predicted octanol–water partition coefficient (Wildman–Crippen LogP) is 4.23. The Kier molecular flexibility index (Phi) is 6.13. The fourth-order valence-corrected chi connectivity index (χ4v) is 3.84. The normalized spacial score (nSPS) is 16.6. The summed E-state index contributed by atoms with van der Waals surface area (Å²) in [5.41, 5.74) is 2.63. The summed E-state index contributed by atoms with van der Waals surface area (Å²) in [6.45, 7) is 3.67. The van der Waals surface area contributed by atoms with Crippen molar-refractivity contribution >= 4 is 23.4 Å². The van der Waals surface area contributed by atoms with E-state index in [0.717, 1.165) is 5.56 Å². The number of carbonyl (C=O) groups excluding carboxylic acids is 2. The summed E-state index contributed by atoms with van der Waals surface area (Å²) in [5, 5.41) is 13.0. The number of ether oxygens (including phenoxy) is 1. The van der Waals surface area contributed by atoms with Crippen LogP contribution in [0.5, 0.6) is 11.5 Å². The number of phenols is 1. The fraction of sp³-hybridized carbons (Fsp3) is 0.273. The monoisotopic (exact) mass is 414 g/mol. The summed E-state index contributed by atoms with van der Waals surface area (Å²) in [7, 11) is 1.42. The van der Waals surface area contributed by atoms with Gasteiger partial charge in [0, 0.05) is 29.4 Å². The molecule has 2 amide bonds. The molecule has 29 heavy (non-hydrogen) atoms. The van der Waals surface area contributed by atoms with Crippen LogP contribution in [0.15, 0.2) is 53.7 Å². The Morgan fingerprint density at radius 3 is 2.59 bits per heavy atom. The first kappa shape index (κ1) is 20.7. The van der Waals surface area contributed by atoms with Gasteiger partial charge in [-0.3, -0.25) is 9.69 Å². The second-order valence-electron chi connectivity index (χ2n) is 6.87. The van der Waals surface area contributed by atoms with E-state index in [1.54, 1.807) is 17.9 Å². The molecular weight excluding hydrogens is 392 g/mol. The van der Waals surface area contributed by atoms with Gasteiger partial charge < -0.3 is 15.2 Å². The number of halogens is 1. The van der Waals surface area contributed by atoms with Crippen molar-refractivity contribution in [3.63, 3.8) is 0 Å². The van der Waals surface area contributed by atoms with Crippen LogP contribution in [0.4, 0.5) is 4.79 Å². The summed E-state index contributed by atoms with van der Waals surface area (Å²) in [6.07, 6.45) is 0.662. The molecule has 1 unspecified atom stereocenters. The molecule has 1 heterocycles. The number of ketones is 1. The first-order chi connectivity index (χ1) is 13.8. The second-order valence-corrected chi connectivity index (χ2v) is 7.28. The molecule has 2 N–H and O–H groups in total. The Morgan fingerprint density at radius 2 is 1.97 bits per heavy atom. The van der Waals surface area contributed by atoms with E-state index in [1.807, 2.05) is 30.3 Å². The van der Waals surface area contributed by atoms with Gasteiger partial charge >= 0.3 is 6.03 Å². The number of allylic oxidation sites excluding steroid dienone is 1. The van der Waals surface area contributed by atoms with Crippen molar-refractivity contribution in [2.75, 3.05) is 13.7 Å². The minimum absolute atomic E-state index is 0.113. The number of rotatable bonds is 6. The zero-order valence-electron chi connectivity index (χ0n) is 16.5. The van der Waals surface area contributed by atoms with Crippen LogP contribution in [0, 0.1) is 0 Å². The lowest BCUT2D eigenvalue weighted by molar-refractivity contribution is -0.114. The predicted molar refractivity (Wildman–Crippen MR) is 111 cm³/mol. The Hall–Kier alpha value is -2.99. The van der Waals surface area contributed by atoms with Gasteiger partial charge in [-0.25, -0.2) is 4.79 Å². The van der Waals surface area contributed by atoms with Crippen molar-refractivity contribution in [3.8, 4) is 11.5 Å². The van der Waals surface area contributed by atoms with Crippen molar-refractivity contribution in [1.82, 2.24) is 10.2 Å². The molecule has 0 bridgehead atoms. The molecule has 2 aromatic carbocycles. The lowest BCUT2D eigenvalue weighted by Crippen LogP contribution is -2.48. The average Bonchev–Trinajstić information content (AvgIpc) is 2.68. The van der Waals surface area contributed by atoms with E-state index in [9.17, 15) is 14.7 Å². The van der Waals surface area contributed by atoms with Gasteiger partial charge in [0.05, 0.1) is 18.2 Å². The molecule has 0 radical (unpaired) electrons. The van der Waals surface area contributed by atoms with Gasteiger partial charge in [-0.05, 0) is 31.9 Å². The van der Waals surface area contributed by atoms with Crippen molar-refractivity contribution < 1.29 is 19.4 Å². The third-order valence-electron chi connectivity index (χ3n) is 5.05. The van der Waals surface area contributed by atoms with E-state index in [-0.39, 0.29) is 28.3 Å². The van der Waals surface area contributed by atoms with Gasteiger partial charge in [-0.1, -0.05) is 41.9 Å². The molecule has 6 nitrogen and oxygen atoms in total. The highest BCUT2D eigenvalue weighted by Crippen LogP contribution is 2.39. The standard InChI is InChI=1S/C22H23ClN2O4/c1-13-20(14(2)26)21(16-11-19(29-3)18(27)12-17(16)23)24-22(28)25(13)10-9-15-7-5-4-6-8-15/h4-8,11-12,21,27H,9-10H2,1-3H3,(H,24,28). The highest BCUT2D eigenvalue weighted by atomic mass is 35.5. The first-order valence-electron chi connectivity index (χ1n) is 9.23. The quantitative estimate of drug-likeness (QED) is 0.741. The molecule has 0 aliphatic carbocycles. The zero-order valence-corrected chi connectivity index (χ0v) is 17.3. The van der Waals surface area contributed by atoms with Crippen molar-refractivity contribution in [2.24, 2.45) is 0 Å². The number of urea groups is 1. The molecule has 0 aromatic heterocycles. The van der Waals surface area contributed by atoms with Gasteiger partial charge in [-0.2, -0.15) is 0 Å². The lowest BCUT2D eigenvalue weighted by Gasteiger charge is -2.36. The van der Waals surface area contributed by atoms with Gasteiger partial charge in [-0.15, -0.1) is 0 Å². The van der Waals surface area contributed by atoms with Crippen LogP contribution in [0.25, 0.3) is 0 Å². The number of carbonyl (C=O) groups is 2. The minimum atomic E-state index is -0.727. The number of nitrogens with zero attached hydrogens (tertiary/aromatic N) is 1. The molecule has 1 aliphatic heterocycles. The van der Waals surface area contributed by atoms with Crippen molar-refractivity contribution in [3.05, 3.63) is 69.9 Å². The molecular formula is C22H23ClN2O4. The number of aromatic hydroxyl groups is 1. The number of hydrogen-bond donors (Lipinski definition) is 2. The third-order valence-corrected chi connectivity index (χ3v) is 5.38. The number of hydrogen-bond acceptors (Lipinski definition) is 4. The lowest BCUT2D eigenvalue weighted by atomic mass is 9.92. The third kappa shape index (κ3) is 4.22. The molecule has 0 spiro atoms. The fourth-order valence-electron chi connectivity index (χ4n) is 3.57. The summed E-state index contributed by atoms with van der Waals surface area (Å²) >= 11 is 6.32. The van der Waals surface area contributed by atoms with Crippen molar-refractivity contribution in [2.45, 2.75) is 26.3 Å². The number of phenolic OH excluding ortho intramolecular Hbond substituents is 1. The molecule has 0 saturated carbocycles.